The van der Waals surface area contributed by atoms with Crippen LogP contribution in [-0.4, -0.2) is 34.2 Å². The summed E-state index contributed by atoms with van der Waals surface area (Å²) in [5, 5.41) is 3.89. The fourth-order valence-corrected chi connectivity index (χ4v) is 4.07. The highest BCUT2D eigenvalue weighted by Gasteiger charge is 2.27. The molecule has 1 aliphatic heterocycles. The summed E-state index contributed by atoms with van der Waals surface area (Å²) in [6, 6.07) is 0.893. The van der Waals surface area contributed by atoms with Crippen LogP contribution in [0.1, 0.15) is 63.6 Å². The van der Waals surface area contributed by atoms with E-state index in [4.69, 9.17) is 4.52 Å². The molecule has 1 aromatic rings. The second-order valence-electron chi connectivity index (χ2n) is 7.38. The van der Waals surface area contributed by atoms with Gasteiger partial charge in [0.25, 0.3) is 5.89 Å². The molecule has 24 heavy (non-hydrogen) atoms. The number of aromatic nitrogens is 2. The molecule has 0 N–H and O–H groups in total. The van der Waals surface area contributed by atoms with Gasteiger partial charge in [0.05, 0.1) is 0 Å². The number of rotatable bonds is 3. The first kappa shape index (κ1) is 15.8. The fourth-order valence-electron chi connectivity index (χ4n) is 4.07. The maximum atomic E-state index is 5.29. The van der Waals surface area contributed by atoms with Gasteiger partial charge in [0.1, 0.15) is 0 Å². The molecule has 1 aromatic heterocycles. The van der Waals surface area contributed by atoms with Crippen molar-refractivity contribution in [2.75, 3.05) is 13.1 Å². The Hall–Kier alpha value is -1.68. The number of likely N-dealkylation sites (tertiary alicyclic amines) is 1. The minimum absolute atomic E-state index is 0.682. The molecule has 0 unspecified atom stereocenters. The number of aryl methyl sites for hydroxylation is 1. The lowest BCUT2D eigenvalue weighted by atomic mass is 9.86. The molecule has 4 heteroatoms. The lowest BCUT2D eigenvalue weighted by molar-refractivity contribution is 0.118. The molecule has 0 bridgehead atoms. The fraction of sp³-hybridized carbons (Fsp3) is 0.600. The van der Waals surface area contributed by atoms with Gasteiger partial charge < -0.3 is 4.52 Å². The van der Waals surface area contributed by atoms with Crippen LogP contribution >= 0.6 is 0 Å². The van der Waals surface area contributed by atoms with Crippen molar-refractivity contribution in [2.24, 2.45) is 0 Å². The standard InChI is InChI=1S/C20H27N3O/c1-14(17-10-12-23(13-11-17)19-4-3-5-19)16-6-8-18(9-7-16)20-21-15(2)22-24-20/h6,8,19H,3-5,7,9-13H2,1-2H3. The Morgan fingerprint density at radius 2 is 1.92 bits per heavy atom. The molecule has 2 fully saturated rings. The molecular weight excluding hydrogens is 298 g/mol. The first-order valence-electron chi connectivity index (χ1n) is 9.34. The number of allylic oxidation sites excluding steroid dienone is 5. The normalized spacial score (nSPS) is 22.8. The average molecular weight is 325 g/mol. The molecule has 4 nitrogen and oxygen atoms in total. The summed E-state index contributed by atoms with van der Waals surface area (Å²) in [6.07, 6.45) is 13.3. The van der Waals surface area contributed by atoms with Crippen LogP contribution in [0.25, 0.3) is 5.57 Å². The number of hydrogen-bond acceptors (Lipinski definition) is 4. The Labute approximate surface area is 144 Å². The van der Waals surface area contributed by atoms with E-state index in [1.807, 2.05) is 6.92 Å². The van der Waals surface area contributed by atoms with E-state index in [0.29, 0.717) is 11.7 Å². The lowest BCUT2D eigenvalue weighted by Crippen LogP contribution is -2.43. The summed E-state index contributed by atoms with van der Waals surface area (Å²) in [6.45, 7) is 6.69. The van der Waals surface area contributed by atoms with Crippen LogP contribution in [0.15, 0.2) is 33.4 Å². The summed E-state index contributed by atoms with van der Waals surface area (Å²) in [4.78, 5) is 7.05. The molecule has 0 spiro atoms. The maximum Gasteiger partial charge on any atom is 0.253 e. The molecule has 0 atom stereocenters. The third-order valence-corrected chi connectivity index (χ3v) is 5.96. The Kier molecular flexibility index (Phi) is 4.40. The Morgan fingerprint density at radius 3 is 2.46 bits per heavy atom. The smallest absolute Gasteiger partial charge is 0.253 e. The van der Waals surface area contributed by atoms with Gasteiger partial charge in [-0.3, -0.25) is 4.90 Å². The van der Waals surface area contributed by atoms with Gasteiger partial charge in [0, 0.05) is 24.7 Å². The quantitative estimate of drug-likeness (QED) is 0.823. The molecule has 3 aliphatic rings. The predicted molar refractivity (Wildman–Crippen MR) is 95.5 cm³/mol. The van der Waals surface area contributed by atoms with Crippen LogP contribution < -0.4 is 0 Å². The van der Waals surface area contributed by atoms with Crippen LogP contribution in [0.4, 0.5) is 0 Å². The number of piperidine rings is 1. The number of hydrogen-bond donors (Lipinski definition) is 0. The van der Waals surface area contributed by atoms with Gasteiger partial charge in [-0.25, -0.2) is 0 Å². The van der Waals surface area contributed by atoms with E-state index in [2.05, 4.69) is 34.1 Å². The van der Waals surface area contributed by atoms with Gasteiger partial charge in [0.2, 0.25) is 0 Å². The van der Waals surface area contributed by atoms with Crippen molar-refractivity contribution in [2.45, 2.75) is 64.8 Å². The topological polar surface area (TPSA) is 42.2 Å². The van der Waals surface area contributed by atoms with Crippen LogP contribution in [0, 0.1) is 6.92 Å². The molecule has 0 radical (unpaired) electrons. The molecule has 2 aliphatic carbocycles. The molecule has 128 valence electrons. The second kappa shape index (κ2) is 6.67. The van der Waals surface area contributed by atoms with E-state index in [-0.39, 0.29) is 0 Å². The zero-order chi connectivity index (χ0) is 16.5. The third-order valence-electron chi connectivity index (χ3n) is 5.96. The lowest BCUT2D eigenvalue weighted by Gasteiger charge is -2.40. The van der Waals surface area contributed by atoms with Crippen molar-refractivity contribution in [3.05, 3.63) is 40.6 Å². The van der Waals surface area contributed by atoms with Gasteiger partial charge in [-0.15, -0.1) is 0 Å². The average Bonchev–Trinajstić information content (AvgIpc) is 3.00. The zero-order valence-corrected chi connectivity index (χ0v) is 14.8. The minimum Gasteiger partial charge on any atom is -0.334 e. The van der Waals surface area contributed by atoms with E-state index in [1.165, 1.54) is 56.3 Å². The summed E-state index contributed by atoms with van der Waals surface area (Å²) < 4.78 is 5.29. The van der Waals surface area contributed by atoms with Crippen LogP contribution in [0.5, 0.6) is 0 Å². The Balaban J connectivity index is 1.44. The summed E-state index contributed by atoms with van der Waals surface area (Å²) in [5.41, 5.74) is 5.85. The van der Waals surface area contributed by atoms with E-state index in [1.54, 1.807) is 5.57 Å². The van der Waals surface area contributed by atoms with Gasteiger partial charge >= 0.3 is 0 Å². The predicted octanol–water partition coefficient (Wildman–Crippen LogP) is 4.45. The van der Waals surface area contributed by atoms with Gasteiger partial charge in [0.15, 0.2) is 5.82 Å². The van der Waals surface area contributed by atoms with Gasteiger partial charge in [-0.2, -0.15) is 4.98 Å². The Morgan fingerprint density at radius 1 is 1.12 bits per heavy atom. The van der Waals surface area contributed by atoms with Crippen molar-refractivity contribution in [1.82, 2.24) is 15.0 Å². The molecule has 0 aromatic carbocycles. The molecule has 4 rings (SSSR count). The molecular formula is C20H27N3O. The van der Waals surface area contributed by atoms with Crippen molar-refractivity contribution in [3.8, 4) is 0 Å². The first-order valence-corrected chi connectivity index (χ1v) is 9.34. The van der Waals surface area contributed by atoms with Crippen LogP contribution in [-0.2, 0) is 0 Å². The highest BCUT2D eigenvalue weighted by atomic mass is 16.5. The second-order valence-corrected chi connectivity index (χ2v) is 7.38. The minimum atomic E-state index is 0.682. The molecule has 2 heterocycles. The summed E-state index contributed by atoms with van der Waals surface area (Å²) >= 11 is 0. The van der Waals surface area contributed by atoms with E-state index < -0.39 is 0 Å². The summed E-state index contributed by atoms with van der Waals surface area (Å²) in [5.74, 6) is 1.39. The maximum absolute atomic E-state index is 5.29. The van der Waals surface area contributed by atoms with E-state index in [9.17, 15) is 0 Å². The van der Waals surface area contributed by atoms with Crippen LogP contribution in [0.2, 0.25) is 0 Å². The summed E-state index contributed by atoms with van der Waals surface area (Å²) in [7, 11) is 0. The SMILES string of the molecule is CC(C1=CC=C(c2nc(C)no2)CC1)=C1CCN(C2CCC2)CC1. The van der Waals surface area contributed by atoms with E-state index in [0.717, 1.165) is 24.5 Å². The monoisotopic (exact) mass is 325 g/mol. The largest absolute Gasteiger partial charge is 0.334 e. The van der Waals surface area contributed by atoms with E-state index >= 15 is 0 Å². The zero-order valence-electron chi connectivity index (χ0n) is 14.8. The Bertz CT molecular complexity index is 696. The highest BCUT2D eigenvalue weighted by molar-refractivity contribution is 5.64. The first-order chi connectivity index (χ1) is 11.7. The molecule has 1 saturated carbocycles. The highest BCUT2D eigenvalue weighted by Crippen LogP contribution is 2.34. The van der Waals surface area contributed by atoms with Crippen molar-refractivity contribution in [1.29, 1.82) is 0 Å². The molecule has 1 saturated heterocycles. The molecule has 0 amide bonds. The van der Waals surface area contributed by atoms with Gasteiger partial charge in [-0.1, -0.05) is 29.3 Å². The van der Waals surface area contributed by atoms with Crippen molar-refractivity contribution in [3.63, 3.8) is 0 Å². The van der Waals surface area contributed by atoms with Crippen molar-refractivity contribution >= 4 is 5.57 Å². The van der Waals surface area contributed by atoms with Crippen LogP contribution in [0.3, 0.4) is 0 Å². The third kappa shape index (κ3) is 3.12. The number of nitrogens with zero attached hydrogens (tertiary/aromatic N) is 3. The van der Waals surface area contributed by atoms with Gasteiger partial charge in [-0.05, 0) is 63.5 Å². The van der Waals surface area contributed by atoms with Crippen molar-refractivity contribution < 1.29 is 4.52 Å².